The molecule has 0 spiro atoms. The monoisotopic (exact) mass is 548 g/mol. The molecule has 0 aliphatic heterocycles. The number of amides is 3. The third-order valence-corrected chi connectivity index (χ3v) is 4.37. The minimum atomic E-state index is -0.856. The van der Waals surface area contributed by atoms with E-state index in [9.17, 15) is 19.2 Å². The summed E-state index contributed by atoms with van der Waals surface area (Å²) in [6, 6.07) is 7.11. The van der Waals surface area contributed by atoms with Gasteiger partial charge in [-0.2, -0.15) is 0 Å². The van der Waals surface area contributed by atoms with Gasteiger partial charge in [-0.3, -0.25) is 24.2 Å². The molecule has 39 heavy (non-hydrogen) atoms. The van der Waals surface area contributed by atoms with Crippen molar-refractivity contribution < 1.29 is 28.7 Å². The molecule has 1 aromatic carbocycles. The van der Waals surface area contributed by atoms with Crippen molar-refractivity contribution in [3.63, 3.8) is 0 Å². The SMILES string of the molecule is C=CC.C=CCOc1ccc(C)cc1.COC(=O)CNC(=O)C(CCCCN=C(N)N)NC(=O)CNC(C)=O. The number of nitrogens with one attached hydrogen (secondary N) is 3. The van der Waals surface area contributed by atoms with Gasteiger partial charge in [-0.1, -0.05) is 36.4 Å². The zero-order chi connectivity index (χ0) is 30.1. The molecular formula is C27H44N6O6. The van der Waals surface area contributed by atoms with Crippen molar-refractivity contribution >= 4 is 29.7 Å². The van der Waals surface area contributed by atoms with Crippen molar-refractivity contribution in [2.24, 2.45) is 16.5 Å². The Labute approximate surface area is 231 Å². The fourth-order valence-electron chi connectivity index (χ4n) is 2.53. The lowest BCUT2D eigenvalue weighted by atomic mass is 10.1. The first kappa shape index (κ1) is 36.8. The summed E-state index contributed by atoms with van der Waals surface area (Å²) in [6.07, 6.45) is 4.98. The zero-order valence-corrected chi connectivity index (χ0v) is 23.5. The molecule has 7 N–H and O–H groups in total. The normalized spacial score (nSPS) is 9.95. The number of nitrogens with two attached hydrogens (primary N) is 2. The van der Waals surface area contributed by atoms with E-state index in [4.69, 9.17) is 16.2 Å². The predicted octanol–water partition coefficient (Wildman–Crippen LogP) is 1.09. The predicted molar refractivity (Wildman–Crippen MR) is 153 cm³/mol. The average molecular weight is 549 g/mol. The third kappa shape index (κ3) is 23.8. The van der Waals surface area contributed by atoms with Gasteiger partial charge < -0.3 is 36.9 Å². The van der Waals surface area contributed by atoms with Crippen LogP contribution in [0.1, 0.15) is 38.7 Å². The summed E-state index contributed by atoms with van der Waals surface area (Å²) in [5.41, 5.74) is 11.7. The molecule has 0 aliphatic rings. The van der Waals surface area contributed by atoms with E-state index in [0.717, 1.165) is 5.75 Å². The number of unbranched alkanes of at least 4 members (excludes halogenated alkanes) is 1. The van der Waals surface area contributed by atoms with Crippen LogP contribution in [0.4, 0.5) is 0 Å². The lowest BCUT2D eigenvalue weighted by molar-refractivity contribution is -0.141. The number of aliphatic imine (C=N–C) groups is 1. The molecule has 3 amide bonds. The Morgan fingerprint density at radius 1 is 1.05 bits per heavy atom. The summed E-state index contributed by atoms with van der Waals surface area (Å²) in [7, 11) is 1.20. The minimum Gasteiger partial charge on any atom is -0.490 e. The number of ether oxygens (including phenoxy) is 2. The van der Waals surface area contributed by atoms with Crippen LogP contribution >= 0.6 is 0 Å². The highest BCUT2D eigenvalue weighted by Gasteiger charge is 2.21. The van der Waals surface area contributed by atoms with E-state index in [2.05, 4.69) is 45.8 Å². The Balaban J connectivity index is 0. The summed E-state index contributed by atoms with van der Waals surface area (Å²) in [4.78, 5) is 49.6. The molecule has 1 rings (SSSR count). The number of nitrogens with zero attached hydrogens (tertiary/aromatic N) is 1. The van der Waals surface area contributed by atoms with Crippen LogP contribution in [-0.4, -0.2) is 69.0 Å². The smallest absolute Gasteiger partial charge is 0.325 e. The molecule has 1 unspecified atom stereocenters. The summed E-state index contributed by atoms with van der Waals surface area (Å²) in [5, 5.41) is 7.23. The number of benzene rings is 1. The zero-order valence-electron chi connectivity index (χ0n) is 23.5. The van der Waals surface area contributed by atoms with Gasteiger partial charge in [-0.25, -0.2) is 0 Å². The Bertz CT molecular complexity index is 914. The van der Waals surface area contributed by atoms with E-state index in [1.807, 2.05) is 31.2 Å². The number of esters is 1. The lowest BCUT2D eigenvalue weighted by Crippen LogP contribution is -2.50. The average Bonchev–Trinajstić information content (AvgIpc) is 2.89. The number of aryl methyl sites for hydroxylation is 1. The highest BCUT2D eigenvalue weighted by atomic mass is 16.5. The maximum atomic E-state index is 12.1. The molecule has 0 saturated heterocycles. The van der Waals surface area contributed by atoms with Crippen LogP contribution < -0.4 is 32.2 Å². The van der Waals surface area contributed by atoms with Gasteiger partial charge in [0.05, 0.1) is 13.7 Å². The first-order chi connectivity index (χ1) is 18.5. The number of carbonyl (C=O) groups excluding carboxylic acids is 4. The number of hydrogen-bond acceptors (Lipinski definition) is 7. The Kier molecular flexibility index (Phi) is 22.7. The van der Waals surface area contributed by atoms with Crippen LogP contribution in [0.15, 0.2) is 54.6 Å². The Morgan fingerprint density at radius 3 is 2.18 bits per heavy atom. The number of hydrogen-bond donors (Lipinski definition) is 5. The van der Waals surface area contributed by atoms with Crippen LogP contribution in [0.25, 0.3) is 0 Å². The molecule has 0 aromatic heterocycles. The second-order valence-corrected chi connectivity index (χ2v) is 7.95. The lowest BCUT2D eigenvalue weighted by Gasteiger charge is -2.18. The van der Waals surface area contributed by atoms with Crippen molar-refractivity contribution in [3.05, 3.63) is 55.1 Å². The Hall–Kier alpha value is -4.35. The molecule has 12 nitrogen and oxygen atoms in total. The van der Waals surface area contributed by atoms with Crippen LogP contribution in [0, 0.1) is 6.92 Å². The van der Waals surface area contributed by atoms with E-state index in [1.54, 1.807) is 12.2 Å². The summed E-state index contributed by atoms with van der Waals surface area (Å²) < 4.78 is 9.73. The molecule has 12 heteroatoms. The van der Waals surface area contributed by atoms with Crippen LogP contribution in [0.5, 0.6) is 5.75 Å². The van der Waals surface area contributed by atoms with Crippen LogP contribution in [-0.2, 0) is 23.9 Å². The number of carbonyl (C=O) groups is 4. The number of rotatable bonds is 14. The molecule has 218 valence electrons. The second kappa shape index (κ2) is 24.0. The molecule has 0 aliphatic carbocycles. The molecule has 0 bridgehead atoms. The molecule has 0 fully saturated rings. The van der Waals surface area contributed by atoms with Gasteiger partial charge in [0.1, 0.15) is 24.9 Å². The van der Waals surface area contributed by atoms with Gasteiger partial charge in [0.25, 0.3) is 0 Å². The number of guanidine groups is 1. The fourth-order valence-corrected chi connectivity index (χ4v) is 2.53. The highest BCUT2D eigenvalue weighted by molar-refractivity contribution is 5.91. The standard InChI is InChI=1S/C14H26N6O5.C10H12O.C3H6/c1-9(21)18-7-11(22)20-10(5-3-4-6-17-14(15)16)13(24)19-8-12(23)25-2;1-3-8-11-10-6-4-9(2)5-7-10;1-3-2/h10H,3-8H2,1-2H3,(H,18,21)(H,19,24)(H,20,22)(H4,15,16,17);3-7H,1,8H2,2H3;3H,1H2,2H3. The largest absolute Gasteiger partial charge is 0.490 e. The van der Waals surface area contributed by atoms with Gasteiger partial charge in [-0.05, 0) is 45.2 Å². The molecule has 0 radical (unpaired) electrons. The molecular weight excluding hydrogens is 504 g/mol. The van der Waals surface area contributed by atoms with Gasteiger partial charge in [0.2, 0.25) is 17.7 Å². The van der Waals surface area contributed by atoms with Gasteiger partial charge in [0.15, 0.2) is 5.96 Å². The first-order valence-corrected chi connectivity index (χ1v) is 12.3. The molecule has 1 aromatic rings. The van der Waals surface area contributed by atoms with E-state index in [-0.39, 0.29) is 25.0 Å². The topological polar surface area (TPSA) is 187 Å². The Morgan fingerprint density at radius 2 is 1.67 bits per heavy atom. The van der Waals surface area contributed by atoms with Gasteiger partial charge >= 0.3 is 5.97 Å². The van der Waals surface area contributed by atoms with E-state index < -0.39 is 23.8 Å². The summed E-state index contributed by atoms with van der Waals surface area (Å²) in [5.74, 6) is -1.13. The van der Waals surface area contributed by atoms with E-state index in [0.29, 0.717) is 32.4 Å². The maximum absolute atomic E-state index is 12.1. The first-order valence-electron chi connectivity index (χ1n) is 12.3. The van der Waals surface area contributed by atoms with Crippen molar-refractivity contribution in [1.82, 2.24) is 16.0 Å². The maximum Gasteiger partial charge on any atom is 0.325 e. The van der Waals surface area contributed by atoms with Gasteiger partial charge in [0, 0.05) is 13.5 Å². The minimum absolute atomic E-state index is 0.0176. The van der Waals surface area contributed by atoms with Crippen molar-refractivity contribution in [3.8, 4) is 5.75 Å². The summed E-state index contributed by atoms with van der Waals surface area (Å²) in [6.45, 7) is 12.6. The van der Waals surface area contributed by atoms with E-state index >= 15 is 0 Å². The molecule has 1 atom stereocenters. The van der Waals surface area contributed by atoms with Crippen molar-refractivity contribution in [2.45, 2.75) is 46.1 Å². The number of allylic oxidation sites excluding steroid dienone is 1. The highest BCUT2D eigenvalue weighted by Crippen LogP contribution is 2.10. The molecule has 0 heterocycles. The van der Waals surface area contributed by atoms with E-state index in [1.165, 1.54) is 19.6 Å². The third-order valence-electron chi connectivity index (χ3n) is 4.37. The quantitative estimate of drug-likeness (QED) is 0.0751. The van der Waals surface area contributed by atoms with Crippen LogP contribution in [0.2, 0.25) is 0 Å². The molecule has 0 saturated carbocycles. The van der Waals surface area contributed by atoms with Crippen LogP contribution in [0.3, 0.4) is 0 Å². The summed E-state index contributed by atoms with van der Waals surface area (Å²) >= 11 is 0. The van der Waals surface area contributed by atoms with Crippen molar-refractivity contribution in [1.29, 1.82) is 0 Å². The number of methoxy groups -OCH3 is 1. The van der Waals surface area contributed by atoms with Crippen molar-refractivity contribution in [2.75, 3.05) is 33.4 Å². The fraction of sp³-hybridized carbons (Fsp3) is 0.444. The van der Waals surface area contributed by atoms with Gasteiger partial charge in [-0.15, -0.1) is 6.58 Å². The second-order valence-electron chi connectivity index (χ2n) is 7.95.